The molecule has 2 fully saturated rings. The van der Waals surface area contributed by atoms with E-state index in [9.17, 15) is 23.1 Å². The fourth-order valence-corrected chi connectivity index (χ4v) is 6.72. The number of quaternary nitrogens is 1. The van der Waals surface area contributed by atoms with Crippen LogP contribution in [0.4, 0.5) is 5.69 Å². The average molecular weight is 561 g/mol. The van der Waals surface area contributed by atoms with Crippen LogP contribution in [0.25, 0.3) is 10.8 Å². The molecule has 1 amide bonds. The van der Waals surface area contributed by atoms with Gasteiger partial charge in [0.15, 0.2) is 0 Å². The molecule has 38 heavy (non-hydrogen) atoms. The Morgan fingerprint density at radius 3 is 2.37 bits per heavy atom. The number of fused-ring (bicyclic) bond motifs is 1. The molecule has 3 aromatic rings. The van der Waals surface area contributed by atoms with Crippen LogP contribution in [0.5, 0.6) is 0 Å². The van der Waals surface area contributed by atoms with Crippen molar-refractivity contribution in [3.8, 4) is 0 Å². The standard InChI is InChI=1S/C26H27ClN4O5S.H3N/c27-21-3-1-20-14-23(4-2-19(20)13-21)37(35,36)30-16-24(26(33)34)31(25(32)17-30)15-18-7-11-29(12-8-18)22-5-9-28-10-6-22;/h1-6,9-10,13-14,18,24H,7-8,11-12,15-17H2,(H,33,34);1H3/p+1. The van der Waals surface area contributed by atoms with Crippen molar-refractivity contribution < 1.29 is 23.1 Å². The number of piperidine rings is 1. The molecular formula is C26H31ClN5O5S+. The van der Waals surface area contributed by atoms with Crippen molar-refractivity contribution in [2.75, 3.05) is 37.6 Å². The van der Waals surface area contributed by atoms with Gasteiger partial charge in [-0.05, 0) is 65.9 Å². The zero-order chi connectivity index (χ0) is 26.2. The normalized spacial score (nSPS) is 19.4. The highest BCUT2D eigenvalue weighted by molar-refractivity contribution is 7.89. The van der Waals surface area contributed by atoms with Crippen molar-refractivity contribution >= 4 is 50.0 Å². The molecule has 0 bridgehead atoms. The number of carboxylic acids is 1. The summed E-state index contributed by atoms with van der Waals surface area (Å²) in [5.74, 6) is -1.57. The molecule has 202 valence electrons. The lowest BCUT2D eigenvalue weighted by Gasteiger charge is -2.41. The van der Waals surface area contributed by atoms with Crippen molar-refractivity contribution in [1.29, 1.82) is 0 Å². The van der Waals surface area contributed by atoms with E-state index in [0.717, 1.165) is 41.3 Å². The summed E-state index contributed by atoms with van der Waals surface area (Å²) in [5.41, 5.74) is 1.09. The third-order valence-electron chi connectivity index (χ3n) is 7.18. The third-order valence-corrected chi connectivity index (χ3v) is 9.22. The Labute approximate surface area is 226 Å². The summed E-state index contributed by atoms with van der Waals surface area (Å²) in [5, 5.41) is 11.9. The molecule has 5 rings (SSSR count). The number of carbonyl (C=O) groups is 2. The van der Waals surface area contributed by atoms with Crippen molar-refractivity contribution in [2.45, 2.75) is 23.8 Å². The molecule has 5 N–H and O–H groups in total. The van der Waals surface area contributed by atoms with E-state index in [1.54, 1.807) is 36.7 Å². The highest BCUT2D eigenvalue weighted by atomic mass is 35.5. The van der Waals surface area contributed by atoms with Crippen LogP contribution in [0.1, 0.15) is 12.8 Å². The molecule has 1 unspecified atom stereocenters. The van der Waals surface area contributed by atoms with Crippen molar-refractivity contribution in [3.63, 3.8) is 0 Å². The van der Waals surface area contributed by atoms with E-state index in [4.69, 9.17) is 11.6 Å². The molecule has 0 saturated carbocycles. The molecule has 0 aliphatic carbocycles. The highest BCUT2D eigenvalue weighted by Crippen LogP contribution is 2.28. The van der Waals surface area contributed by atoms with Gasteiger partial charge in [-0.15, -0.1) is 0 Å². The number of anilines is 1. The number of nitrogens with zero attached hydrogens (tertiary/aromatic N) is 4. The number of piperazine rings is 1. The lowest BCUT2D eigenvalue weighted by Crippen LogP contribution is -2.61. The molecule has 12 heteroatoms. The van der Waals surface area contributed by atoms with Crippen LogP contribution < -0.4 is 11.1 Å². The van der Waals surface area contributed by atoms with Gasteiger partial charge in [0, 0.05) is 49.3 Å². The van der Waals surface area contributed by atoms with Crippen molar-refractivity contribution in [2.24, 2.45) is 5.92 Å². The fourth-order valence-electron chi connectivity index (χ4n) is 5.11. The number of pyridine rings is 1. The highest BCUT2D eigenvalue weighted by Gasteiger charge is 2.42. The lowest BCUT2D eigenvalue weighted by molar-refractivity contribution is -0.154. The molecule has 0 radical (unpaired) electrons. The predicted molar refractivity (Wildman–Crippen MR) is 146 cm³/mol. The van der Waals surface area contributed by atoms with Gasteiger partial charge < -0.3 is 21.1 Å². The van der Waals surface area contributed by atoms with Crippen molar-refractivity contribution in [1.82, 2.24) is 20.3 Å². The first-order valence-corrected chi connectivity index (χ1v) is 13.9. The number of aromatic nitrogens is 1. The largest absolute Gasteiger partial charge is 0.480 e. The molecule has 1 aromatic heterocycles. The van der Waals surface area contributed by atoms with E-state index in [0.29, 0.717) is 17.0 Å². The molecule has 10 nitrogen and oxygen atoms in total. The minimum absolute atomic E-state index is 0. The number of hydrogen-bond acceptors (Lipinski definition) is 6. The van der Waals surface area contributed by atoms with Crippen LogP contribution in [-0.2, 0) is 19.6 Å². The number of hydrogen-bond donors (Lipinski definition) is 2. The molecule has 1 atom stereocenters. The monoisotopic (exact) mass is 560 g/mol. The molecular weight excluding hydrogens is 530 g/mol. The number of benzene rings is 2. The van der Waals surface area contributed by atoms with Gasteiger partial charge in [-0.1, -0.05) is 23.7 Å². The summed E-state index contributed by atoms with van der Waals surface area (Å²) in [4.78, 5) is 32.9. The summed E-state index contributed by atoms with van der Waals surface area (Å²) >= 11 is 6.02. The lowest BCUT2D eigenvalue weighted by atomic mass is 9.94. The average Bonchev–Trinajstić information content (AvgIpc) is 2.90. The Morgan fingerprint density at radius 2 is 1.68 bits per heavy atom. The zero-order valence-corrected chi connectivity index (χ0v) is 22.6. The Morgan fingerprint density at radius 1 is 1.03 bits per heavy atom. The minimum atomic E-state index is -4.08. The Hall–Kier alpha value is -3.25. The molecule has 2 aromatic carbocycles. The second-order valence-corrected chi connectivity index (χ2v) is 11.9. The Balaban J connectivity index is 0.00000336. The summed E-state index contributed by atoms with van der Waals surface area (Å²) < 4.78 is 27.8. The van der Waals surface area contributed by atoms with Gasteiger partial charge in [-0.2, -0.15) is 4.31 Å². The second kappa shape index (κ2) is 11.2. The molecule has 0 spiro atoms. The predicted octanol–water partition coefficient (Wildman–Crippen LogP) is 3.47. The van der Waals surface area contributed by atoms with E-state index in [1.807, 2.05) is 12.1 Å². The molecule has 3 heterocycles. The minimum Gasteiger partial charge on any atom is -0.480 e. The van der Waals surface area contributed by atoms with Crippen LogP contribution in [0.15, 0.2) is 65.8 Å². The summed E-state index contributed by atoms with van der Waals surface area (Å²) in [6, 6.07) is 12.4. The van der Waals surface area contributed by atoms with Crippen LogP contribution in [-0.4, -0.2) is 78.4 Å². The first kappa shape index (κ1) is 27.8. The van der Waals surface area contributed by atoms with Crippen LogP contribution in [0.2, 0.25) is 5.02 Å². The van der Waals surface area contributed by atoms with E-state index >= 15 is 0 Å². The summed E-state index contributed by atoms with van der Waals surface area (Å²) in [6.45, 7) is 1.20. The van der Waals surface area contributed by atoms with E-state index < -0.39 is 27.9 Å². The van der Waals surface area contributed by atoms with E-state index in [1.165, 1.54) is 17.0 Å². The number of rotatable bonds is 6. The number of aliphatic carboxylic acids is 1. The van der Waals surface area contributed by atoms with Gasteiger partial charge in [0.2, 0.25) is 15.9 Å². The Kier molecular flexibility index (Phi) is 8.22. The van der Waals surface area contributed by atoms with Crippen LogP contribution in [0, 0.1) is 5.92 Å². The van der Waals surface area contributed by atoms with Crippen LogP contribution >= 0.6 is 11.6 Å². The van der Waals surface area contributed by atoms with Crippen molar-refractivity contribution in [3.05, 3.63) is 65.9 Å². The summed E-state index contributed by atoms with van der Waals surface area (Å²) in [6.07, 6.45) is 5.11. The fraction of sp³-hybridized carbons (Fsp3) is 0.346. The number of sulfonamides is 1. The first-order valence-electron chi connectivity index (χ1n) is 12.1. The SMILES string of the molecule is O=C(O)C1CN(S(=O)(=O)c2ccc3cc(Cl)ccc3c2)CC(=O)N1CC1CCN(c2ccncc2)CC1.[NH4+]. The van der Waals surface area contributed by atoms with Gasteiger partial charge in [0.1, 0.15) is 6.04 Å². The maximum atomic E-state index is 13.4. The smallest absolute Gasteiger partial charge is 0.327 e. The zero-order valence-electron chi connectivity index (χ0n) is 21.0. The number of amides is 1. The molecule has 2 aliphatic rings. The van der Waals surface area contributed by atoms with Gasteiger partial charge in [-0.25, -0.2) is 13.2 Å². The van der Waals surface area contributed by atoms with E-state index in [2.05, 4.69) is 9.88 Å². The topological polar surface area (TPSA) is 148 Å². The van der Waals surface area contributed by atoms with Gasteiger partial charge in [0.05, 0.1) is 11.4 Å². The number of carboxylic acid groups (broad SMARTS) is 1. The number of carbonyl (C=O) groups excluding carboxylic acids is 1. The Bertz CT molecular complexity index is 1430. The maximum absolute atomic E-state index is 13.4. The maximum Gasteiger partial charge on any atom is 0.327 e. The quantitative estimate of drug-likeness (QED) is 0.469. The molecule has 2 saturated heterocycles. The van der Waals surface area contributed by atoms with Crippen LogP contribution in [0.3, 0.4) is 0 Å². The van der Waals surface area contributed by atoms with E-state index in [-0.39, 0.29) is 30.1 Å². The molecule has 2 aliphatic heterocycles. The number of halogens is 1. The second-order valence-electron chi connectivity index (χ2n) is 9.49. The summed E-state index contributed by atoms with van der Waals surface area (Å²) in [7, 11) is -4.08. The van der Waals surface area contributed by atoms with Gasteiger partial charge in [0.25, 0.3) is 0 Å². The van der Waals surface area contributed by atoms with Gasteiger partial charge >= 0.3 is 5.97 Å². The first-order chi connectivity index (χ1) is 17.7. The van der Waals surface area contributed by atoms with Gasteiger partial charge in [-0.3, -0.25) is 9.78 Å². The third kappa shape index (κ3) is 5.60.